The molecule has 3 heterocycles. The molecule has 8 heteroatoms. The number of H-pyrrole nitrogens is 1. The third kappa shape index (κ3) is 3.25. The van der Waals surface area contributed by atoms with E-state index in [0.717, 1.165) is 35.6 Å². The highest BCUT2D eigenvalue weighted by molar-refractivity contribution is 5.90. The molecule has 1 saturated heterocycles. The number of amides is 1. The number of piperazine rings is 1. The summed E-state index contributed by atoms with van der Waals surface area (Å²) in [5.74, 6) is 1.47. The molecule has 0 spiro atoms. The standard InChI is InChI=1S/C17H24N6O2/c1-17(2,3)25-16(24)23-8-6-22(7-9-23)15-12-13(11-4-5-11)20-21-14(12)18-10-19-15/h10-11H,4-9H2,1-3H3,(H,18,19,20,21). The highest BCUT2D eigenvalue weighted by atomic mass is 16.6. The number of aromatic amines is 1. The van der Waals surface area contributed by atoms with Crippen LogP contribution < -0.4 is 4.90 Å². The van der Waals surface area contributed by atoms with Crippen LogP contribution in [0.3, 0.4) is 0 Å². The number of ether oxygens (including phenoxy) is 1. The maximum absolute atomic E-state index is 12.2. The van der Waals surface area contributed by atoms with Crippen molar-refractivity contribution in [2.24, 2.45) is 0 Å². The molecule has 0 radical (unpaired) electrons. The zero-order valence-corrected chi connectivity index (χ0v) is 14.9. The van der Waals surface area contributed by atoms with Crippen molar-refractivity contribution in [3.8, 4) is 0 Å². The van der Waals surface area contributed by atoms with Crippen molar-refractivity contribution >= 4 is 22.9 Å². The van der Waals surface area contributed by atoms with Crippen molar-refractivity contribution in [1.82, 2.24) is 25.1 Å². The summed E-state index contributed by atoms with van der Waals surface area (Å²) < 4.78 is 5.46. The number of nitrogens with zero attached hydrogens (tertiary/aromatic N) is 5. The molecule has 134 valence electrons. The van der Waals surface area contributed by atoms with Crippen LogP contribution in [0, 0.1) is 0 Å². The molecular weight excluding hydrogens is 320 g/mol. The van der Waals surface area contributed by atoms with Crippen LogP contribution in [0.4, 0.5) is 10.6 Å². The second-order valence-electron chi connectivity index (χ2n) is 7.76. The lowest BCUT2D eigenvalue weighted by atomic mass is 10.2. The topological polar surface area (TPSA) is 87.2 Å². The summed E-state index contributed by atoms with van der Waals surface area (Å²) >= 11 is 0. The first-order chi connectivity index (χ1) is 11.9. The molecule has 0 aromatic carbocycles. The Balaban J connectivity index is 1.50. The van der Waals surface area contributed by atoms with Crippen LogP contribution in [0.5, 0.6) is 0 Å². The Kier molecular flexibility index (Phi) is 3.77. The van der Waals surface area contributed by atoms with Crippen molar-refractivity contribution in [2.75, 3.05) is 31.1 Å². The number of carbonyl (C=O) groups excluding carboxylic acids is 1. The van der Waals surface area contributed by atoms with Crippen LogP contribution in [-0.4, -0.2) is 62.9 Å². The molecule has 0 unspecified atom stereocenters. The lowest BCUT2D eigenvalue weighted by molar-refractivity contribution is 0.0240. The van der Waals surface area contributed by atoms with E-state index < -0.39 is 5.60 Å². The van der Waals surface area contributed by atoms with Gasteiger partial charge in [-0.25, -0.2) is 14.8 Å². The lowest BCUT2D eigenvalue weighted by Crippen LogP contribution is -2.50. The Labute approximate surface area is 146 Å². The lowest BCUT2D eigenvalue weighted by Gasteiger charge is -2.36. The van der Waals surface area contributed by atoms with E-state index >= 15 is 0 Å². The summed E-state index contributed by atoms with van der Waals surface area (Å²) in [6.07, 6.45) is 3.70. The fourth-order valence-electron chi connectivity index (χ4n) is 3.20. The third-order valence-corrected chi connectivity index (χ3v) is 4.58. The summed E-state index contributed by atoms with van der Waals surface area (Å²) in [5, 5.41) is 8.51. The van der Waals surface area contributed by atoms with Gasteiger partial charge in [-0.2, -0.15) is 5.10 Å². The molecule has 4 rings (SSSR count). The molecule has 0 bridgehead atoms. The van der Waals surface area contributed by atoms with Crippen molar-refractivity contribution < 1.29 is 9.53 Å². The van der Waals surface area contributed by atoms with Gasteiger partial charge in [0.1, 0.15) is 17.7 Å². The number of carbonyl (C=O) groups is 1. The fourth-order valence-corrected chi connectivity index (χ4v) is 3.20. The third-order valence-electron chi connectivity index (χ3n) is 4.58. The summed E-state index contributed by atoms with van der Waals surface area (Å²) in [5.41, 5.74) is 1.41. The number of hydrogen-bond acceptors (Lipinski definition) is 6. The van der Waals surface area contributed by atoms with Gasteiger partial charge in [0.25, 0.3) is 0 Å². The highest BCUT2D eigenvalue weighted by Crippen LogP contribution is 2.43. The first-order valence-electron chi connectivity index (χ1n) is 8.84. The molecule has 25 heavy (non-hydrogen) atoms. The largest absolute Gasteiger partial charge is 0.444 e. The van der Waals surface area contributed by atoms with Gasteiger partial charge >= 0.3 is 6.09 Å². The summed E-state index contributed by atoms with van der Waals surface area (Å²) in [6.45, 7) is 8.35. The molecule has 1 N–H and O–H groups in total. The van der Waals surface area contributed by atoms with Gasteiger partial charge in [-0.3, -0.25) is 5.10 Å². The van der Waals surface area contributed by atoms with Gasteiger partial charge in [0.2, 0.25) is 0 Å². The van der Waals surface area contributed by atoms with E-state index in [9.17, 15) is 4.79 Å². The molecule has 1 saturated carbocycles. The van der Waals surface area contributed by atoms with Crippen LogP contribution >= 0.6 is 0 Å². The maximum Gasteiger partial charge on any atom is 0.410 e. The molecule has 0 atom stereocenters. The van der Waals surface area contributed by atoms with Crippen molar-refractivity contribution in [3.05, 3.63) is 12.0 Å². The van der Waals surface area contributed by atoms with Gasteiger partial charge in [-0.15, -0.1) is 0 Å². The van der Waals surface area contributed by atoms with Crippen molar-refractivity contribution in [2.45, 2.75) is 45.1 Å². The Bertz CT molecular complexity index is 784. The molecule has 8 nitrogen and oxygen atoms in total. The normalized spacial score (nSPS) is 18.7. The summed E-state index contributed by atoms with van der Waals surface area (Å²) in [6, 6.07) is 0. The Hall–Kier alpha value is -2.38. The first kappa shape index (κ1) is 16.1. The zero-order chi connectivity index (χ0) is 17.6. The van der Waals surface area contributed by atoms with Crippen LogP contribution in [-0.2, 0) is 4.74 Å². The smallest absolute Gasteiger partial charge is 0.410 e. The second kappa shape index (κ2) is 5.86. The molecule has 2 aromatic rings. The van der Waals surface area contributed by atoms with Crippen LogP contribution in [0.25, 0.3) is 11.0 Å². The number of aromatic nitrogens is 4. The van der Waals surface area contributed by atoms with E-state index in [1.165, 1.54) is 12.8 Å². The fraction of sp³-hybridized carbons (Fsp3) is 0.647. The minimum absolute atomic E-state index is 0.248. The molecule has 1 aliphatic carbocycles. The number of rotatable bonds is 2. The molecule has 2 aromatic heterocycles. The predicted molar refractivity (Wildman–Crippen MR) is 93.7 cm³/mol. The average Bonchev–Trinajstić information content (AvgIpc) is 3.32. The van der Waals surface area contributed by atoms with Gasteiger partial charge in [0.15, 0.2) is 5.65 Å². The number of nitrogens with one attached hydrogen (secondary N) is 1. The van der Waals surface area contributed by atoms with Crippen molar-refractivity contribution in [3.63, 3.8) is 0 Å². The molecule has 1 amide bonds. The first-order valence-corrected chi connectivity index (χ1v) is 8.84. The van der Waals surface area contributed by atoms with E-state index in [1.807, 2.05) is 20.8 Å². The Morgan fingerprint density at radius 3 is 2.56 bits per heavy atom. The predicted octanol–water partition coefficient (Wildman–Crippen LogP) is 2.29. The maximum atomic E-state index is 12.2. The minimum atomic E-state index is -0.469. The monoisotopic (exact) mass is 344 g/mol. The van der Waals surface area contributed by atoms with Gasteiger partial charge in [-0.05, 0) is 33.6 Å². The van der Waals surface area contributed by atoms with Crippen LogP contribution in [0.15, 0.2) is 6.33 Å². The van der Waals surface area contributed by atoms with E-state index in [-0.39, 0.29) is 6.09 Å². The highest BCUT2D eigenvalue weighted by Gasteiger charge is 2.32. The van der Waals surface area contributed by atoms with Crippen LogP contribution in [0.2, 0.25) is 0 Å². The molecule has 1 aliphatic heterocycles. The SMILES string of the molecule is CC(C)(C)OC(=O)N1CCN(c2ncnc3n[nH]c(C4CC4)c23)CC1. The quantitative estimate of drug-likeness (QED) is 0.899. The van der Waals surface area contributed by atoms with Gasteiger partial charge in [0.05, 0.1) is 11.1 Å². The Morgan fingerprint density at radius 1 is 1.20 bits per heavy atom. The average molecular weight is 344 g/mol. The zero-order valence-electron chi connectivity index (χ0n) is 14.9. The summed E-state index contributed by atoms with van der Waals surface area (Å²) in [7, 11) is 0. The van der Waals surface area contributed by atoms with E-state index in [2.05, 4.69) is 25.1 Å². The minimum Gasteiger partial charge on any atom is -0.444 e. The van der Waals surface area contributed by atoms with E-state index in [0.29, 0.717) is 19.0 Å². The molecular formula is C17H24N6O2. The van der Waals surface area contributed by atoms with Gasteiger partial charge in [-0.1, -0.05) is 0 Å². The number of fused-ring (bicyclic) bond motifs is 1. The summed E-state index contributed by atoms with van der Waals surface area (Å²) in [4.78, 5) is 25.0. The molecule has 2 fully saturated rings. The van der Waals surface area contributed by atoms with Gasteiger partial charge in [0, 0.05) is 32.1 Å². The van der Waals surface area contributed by atoms with Crippen molar-refractivity contribution in [1.29, 1.82) is 0 Å². The van der Waals surface area contributed by atoms with E-state index in [1.54, 1.807) is 11.2 Å². The number of hydrogen-bond donors (Lipinski definition) is 1. The number of anilines is 1. The molecule has 2 aliphatic rings. The van der Waals surface area contributed by atoms with E-state index in [4.69, 9.17) is 4.74 Å². The Morgan fingerprint density at radius 2 is 1.92 bits per heavy atom. The van der Waals surface area contributed by atoms with Gasteiger partial charge < -0.3 is 14.5 Å². The van der Waals surface area contributed by atoms with Crippen LogP contribution in [0.1, 0.15) is 45.2 Å². The second-order valence-corrected chi connectivity index (χ2v) is 7.76.